The van der Waals surface area contributed by atoms with E-state index in [1.807, 2.05) is 0 Å². The first-order valence-electron chi connectivity index (χ1n) is 5.56. The van der Waals surface area contributed by atoms with Crippen molar-refractivity contribution >= 4 is 11.3 Å². The lowest BCUT2D eigenvalue weighted by Gasteiger charge is -2.06. The molecule has 0 aliphatic carbocycles. The molecule has 1 aliphatic heterocycles. The lowest BCUT2D eigenvalue weighted by atomic mass is 10.1. The maximum Gasteiger partial charge on any atom is 0.131 e. The second-order valence-corrected chi connectivity index (χ2v) is 5.12. The fourth-order valence-corrected chi connectivity index (χ4v) is 2.98. The van der Waals surface area contributed by atoms with Crippen LogP contribution in [0, 0.1) is 17.1 Å². The first-order chi connectivity index (χ1) is 8.78. The molecule has 1 aromatic heterocycles. The summed E-state index contributed by atoms with van der Waals surface area (Å²) in [5.74, 6) is 0.215. The molecule has 0 radical (unpaired) electrons. The summed E-state index contributed by atoms with van der Waals surface area (Å²) in [5, 5.41) is 9.52. The van der Waals surface area contributed by atoms with E-state index in [2.05, 4.69) is 11.1 Å². The number of ether oxygens (including phenoxy) is 1. The molecule has 5 heteroatoms. The lowest BCUT2D eigenvalue weighted by molar-refractivity contribution is 0.325. The average Bonchev–Trinajstić information content (AvgIpc) is 2.66. The highest BCUT2D eigenvalue weighted by Gasteiger charge is 2.20. The van der Waals surface area contributed by atoms with Crippen molar-refractivity contribution in [2.24, 2.45) is 0 Å². The number of benzene rings is 1. The largest absolute Gasteiger partial charge is 0.492 e. The van der Waals surface area contributed by atoms with Gasteiger partial charge in [0.15, 0.2) is 0 Å². The molecule has 0 fully saturated rings. The van der Waals surface area contributed by atoms with Gasteiger partial charge >= 0.3 is 0 Å². The summed E-state index contributed by atoms with van der Waals surface area (Å²) in [7, 11) is 0. The zero-order valence-corrected chi connectivity index (χ0v) is 10.3. The predicted molar refractivity (Wildman–Crippen MR) is 66.0 cm³/mol. The highest BCUT2D eigenvalue weighted by molar-refractivity contribution is 7.12. The van der Waals surface area contributed by atoms with Crippen LogP contribution >= 0.6 is 11.3 Å². The molecule has 2 heterocycles. The molecule has 3 nitrogen and oxygen atoms in total. The normalized spacial score (nSPS) is 12.9. The fourth-order valence-electron chi connectivity index (χ4n) is 1.99. The van der Waals surface area contributed by atoms with Crippen molar-refractivity contribution in [1.82, 2.24) is 4.98 Å². The molecule has 2 aromatic rings. The Morgan fingerprint density at radius 1 is 1.50 bits per heavy atom. The number of nitrogens with zero attached hydrogens (tertiary/aromatic N) is 2. The zero-order chi connectivity index (χ0) is 12.5. The summed E-state index contributed by atoms with van der Waals surface area (Å²) in [6, 6.07) is 6.57. The quantitative estimate of drug-likeness (QED) is 0.792. The van der Waals surface area contributed by atoms with Crippen LogP contribution < -0.4 is 4.74 Å². The third-order valence-electron chi connectivity index (χ3n) is 2.76. The molecule has 3 rings (SSSR count). The summed E-state index contributed by atoms with van der Waals surface area (Å²) in [6.07, 6.45) is 1.06. The minimum atomic E-state index is -0.315. The second-order valence-electron chi connectivity index (χ2n) is 3.95. The van der Waals surface area contributed by atoms with Gasteiger partial charge in [-0.15, -0.1) is 11.3 Å². The molecule has 0 amide bonds. The topological polar surface area (TPSA) is 45.9 Å². The molecule has 0 saturated carbocycles. The second kappa shape index (κ2) is 4.39. The highest BCUT2D eigenvalue weighted by Crippen LogP contribution is 2.37. The number of nitriles is 1. The van der Waals surface area contributed by atoms with Crippen molar-refractivity contribution in [1.29, 1.82) is 5.26 Å². The number of thiazole rings is 1. The van der Waals surface area contributed by atoms with Crippen LogP contribution in [-0.4, -0.2) is 11.6 Å². The molecule has 0 bridgehead atoms. The van der Waals surface area contributed by atoms with E-state index in [0.717, 1.165) is 27.6 Å². The predicted octanol–water partition coefficient (Wildman–Crippen LogP) is 2.95. The molecule has 0 saturated heterocycles. The van der Waals surface area contributed by atoms with Crippen LogP contribution in [-0.2, 0) is 12.8 Å². The zero-order valence-electron chi connectivity index (χ0n) is 9.44. The first-order valence-corrected chi connectivity index (χ1v) is 6.38. The van der Waals surface area contributed by atoms with E-state index in [1.54, 1.807) is 6.07 Å². The number of aromatic nitrogens is 1. The van der Waals surface area contributed by atoms with Gasteiger partial charge in [0.25, 0.3) is 0 Å². The van der Waals surface area contributed by atoms with E-state index in [4.69, 9.17) is 10.00 Å². The van der Waals surface area contributed by atoms with E-state index in [1.165, 1.54) is 23.5 Å². The molecule has 90 valence electrons. The smallest absolute Gasteiger partial charge is 0.131 e. The van der Waals surface area contributed by atoms with Crippen molar-refractivity contribution in [2.75, 3.05) is 6.61 Å². The maximum absolute atomic E-state index is 13.2. The number of halogens is 1. The Kier molecular flexibility index (Phi) is 2.73. The standard InChI is InChI=1S/C13H9FN2OS/c14-8-1-2-9-10(7-8)17-6-4-11-13(9)16-12(18-11)3-5-15/h1-2,7H,3-4,6H2. The van der Waals surface area contributed by atoms with Crippen molar-refractivity contribution in [2.45, 2.75) is 12.8 Å². The van der Waals surface area contributed by atoms with Gasteiger partial charge in [-0.1, -0.05) is 0 Å². The maximum atomic E-state index is 13.2. The van der Waals surface area contributed by atoms with E-state index < -0.39 is 0 Å². The Morgan fingerprint density at radius 3 is 3.22 bits per heavy atom. The van der Waals surface area contributed by atoms with E-state index >= 15 is 0 Å². The molecular formula is C13H9FN2OS. The van der Waals surface area contributed by atoms with Crippen LogP contribution in [0.3, 0.4) is 0 Å². The number of hydrogen-bond donors (Lipinski definition) is 0. The summed E-state index contributed by atoms with van der Waals surface area (Å²) in [6.45, 7) is 0.512. The monoisotopic (exact) mass is 260 g/mol. The summed E-state index contributed by atoms with van der Waals surface area (Å²) in [4.78, 5) is 5.57. The summed E-state index contributed by atoms with van der Waals surface area (Å²) in [5.41, 5.74) is 1.64. The van der Waals surface area contributed by atoms with Crippen molar-refractivity contribution in [3.05, 3.63) is 33.9 Å². The van der Waals surface area contributed by atoms with Crippen LogP contribution in [0.5, 0.6) is 5.75 Å². The molecule has 1 aromatic carbocycles. The number of fused-ring (bicyclic) bond motifs is 3. The lowest BCUT2D eigenvalue weighted by Crippen LogP contribution is -1.97. The van der Waals surface area contributed by atoms with E-state index in [-0.39, 0.29) is 5.82 Å². The van der Waals surface area contributed by atoms with Crippen molar-refractivity contribution in [3.8, 4) is 23.1 Å². The van der Waals surface area contributed by atoms with Gasteiger partial charge in [0.05, 0.1) is 24.8 Å². The van der Waals surface area contributed by atoms with Gasteiger partial charge in [0.2, 0.25) is 0 Å². The van der Waals surface area contributed by atoms with Gasteiger partial charge in [0, 0.05) is 22.9 Å². The third-order valence-corrected chi connectivity index (χ3v) is 3.87. The molecule has 1 aliphatic rings. The van der Waals surface area contributed by atoms with Gasteiger partial charge in [0.1, 0.15) is 16.6 Å². The fraction of sp³-hybridized carbons (Fsp3) is 0.231. The third kappa shape index (κ3) is 1.85. The minimum absolute atomic E-state index is 0.315. The van der Waals surface area contributed by atoms with Crippen LogP contribution in [0.15, 0.2) is 18.2 Å². The number of rotatable bonds is 1. The SMILES string of the molecule is N#CCc1nc2c(s1)CCOc1cc(F)ccc1-2. The Bertz CT molecular complexity index is 645. The molecular weight excluding hydrogens is 251 g/mol. The summed E-state index contributed by atoms with van der Waals surface area (Å²) >= 11 is 1.53. The van der Waals surface area contributed by atoms with Gasteiger partial charge < -0.3 is 4.74 Å². The minimum Gasteiger partial charge on any atom is -0.492 e. The van der Waals surface area contributed by atoms with E-state index in [9.17, 15) is 4.39 Å². The molecule has 0 N–H and O–H groups in total. The van der Waals surface area contributed by atoms with Gasteiger partial charge in [-0.05, 0) is 12.1 Å². The molecule has 18 heavy (non-hydrogen) atoms. The molecule has 0 unspecified atom stereocenters. The van der Waals surface area contributed by atoms with E-state index in [0.29, 0.717) is 18.8 Å². The molecule has 0 spiro atoms. The Morgan fingerprint density at radius 2 is 2.39 bits per heavy atom. The van der Waals surface area contributed by atoms with Crippen LogP contribution in [0.4, 0.5) is 4.39 Å². The highest BCUT2D eigenvalue weighted by atomic mass is 32.1. The van der Waals surface area contributed by atoms with Gasteiger partial charge in [-0.3, -0.25) is 0 Å². The van der Waals surface area contributed by atoms with Crippen molar-refractivity contribution < 1.29 is 9.13 Å². The van der Waals surface area contributed by atoms with Crippen LogP contribution in [0.1, 0.15) is 9.88 Å². The Balaban J connectivity index is 2.15. The Hall–Kier alpha value is -1.93. The van der Waals surface area contributed by atoms with Crippen LogP contribution in [0.2, 0.25) is 0 Å². The first kappa shape index (κ1) is 11.2. The van der Waals surface area contributed by atoms with Crippen LogP contribution in [0.25, 0.3) is 11.3 Å². The number of hydrogen-bond acceptors (Lipinski definition) is 4. The van der Waals surface area contributed by atoms with Gasteiger partial charge in [-0.25, -0.2) is 9.37 Å². The molecule has 0 atom stereocenters. The summed E-state index contributed by atoms with van der Waals surface area (Å²) < 4.78 is 18.7. The van der Waals surface area contributed by atoms with Gasteiger partial charge in [-0.2, -0.15) is 5.26 Å². The average molecular weight is 260 g/mol. The van der Waals surface area contributed by atoms with Crippen molar-refractivity contribution in [3.63, 3.8) is 0 Å². The Labute approximate surface area is 107 Å².